The van der Waals surface area contributed by atoms with Crippen LogP contribution >= 0.6 is 15.9 Å². The number of nitrogens with one attached hydrogen (secondary N) is 1. The summed E-state index contributed by atoms with van der Waals surface area (Å²) in [7, 11) is 1.55. The van der Waals surface area contributed by atoms with E-state index in [9.17, 15) is 8.78 Å². The van der Waals surface area contributed by atoms with Crippen molar-refractivity contribution in [3.05, 3.63) is 63.6 Å². The minimum atomic E-state index is -0.700. The van der Waals surface area contributed by atoms with E-state index in [1.165, 1.54) is 12.1 Å². The molecule has 0 fully saturated rings. The van der Waals surface area contributed by atoms with Crippen LogP contribution in [-0.4, -0.2) is 7.11 Å². The number of rotatable bonds is 5. The lowest BCUT2D eigenvalue weighted by Crippen LogP contribution is -2.31. The van der Waals surface area contributed by atoms with Crippen LogP contribution in [0.15, 0.2) is 40.9 Å². The van der Waals surface area contributed by atoms with E-state index in [1.54, 1.807) is 13.2 Å². The Hall–Kier alpha value is -1.50. The third kappa shape index (κ3) is 3.58. The maximum atomic E-state index is 14.0. The number of para-hydroxylation sites is 1. The number of nitrogens with two attached hydrogens (primary N) is 1. The zero-order valence-corrected chi connectivity index (χ0v) is 13.0. The molecule has 0 bridgehead atoms. The molecule has 6 heteroatoms. The molecule has 2 rings (SSSR count). The van der Waals surface area contributed by atoms with Crippen LogP contribution in [0, 0.1) is 11.6 Å². The van der Waals surface area contributed by atoms with Crippen LogP contribution in [-0.2, 0) is 6.42 Å². The SMILES string of the molecule is COc1ccccc1CC(NN)c1c(F)cc(Br)cc1F. The first-order valence-electron chi connectivity index (χ1n) is 6.29. The van der Waals surface area contributed by atoms with Gasteiger partial charge in [0.15, 0.2) is 0 Å². The van der Waals surface area contributed by atoms with Gasteiger partial charge in [0.05, 0.1) is 13.2 Å². The second-order valence-electron chi connectivity index (χ2n) is 4.52. The zero-order valence-electron chi connectivity index (χ0n) is 11.4. The Morgan fingerprint density at radius 1 is 1.24 bits per heavy atom. The van der Waals surface area contributed by atoms with Crippen LogP contribution in [0.3, 0.4) is 0 Å². The molecule has 0 aliphatic carbocycles. The minimum Gasteiger partial charge on any atom is -0.496 e. The second-order valence-corrected chi connectivity index (χ2v) is 5.43. The van der Waals surface area contributed by atoms with Crippen LogP contribution in [0.5, 0.6) is 5.75 Å². The van der Waals surface area contributed by atoms with Gasteiger partial charge in [0.25, 0.3) is 0 Å². The van der Waals surface area contributed by atoms with Crippen molar-refractivity contribution in [1.82, 2.24) is 5.43 Å². The fourth-order valence-corrected chi connectivity index (χ4v) is 2.62. The number of hydrazine groups is 1. The van der Waals surface area contributed by atoms with Gasteiger partial charge in [-0.05, 0) is 30.2 Å². The summed E-state index contributed by atoms with van der Waals surface area (Å²) in [5, 5.41) is 0. The molecule has 0 radical (unpaired) electrons. The van der Waals surface area contributed by atoms with Gasteiger partial charge in [-0.1, -0.05) is 34.1 Å². The maximum Gasteiger partial charge on any atom is 0.132 e. The Morgan fingerprint density at radius 2 is 1.86 bits per heavy atom. The first-order valence-corrected chi connectivity index (χ1v) is 7.08. The number of methoxy groups -OCH3 is 1. The van der Waals surface area contributed by atoms with Gasteiger partial charge in [-0.25, -0.2) is 8.78 Å². The molecule has 0 heterocycles. The number of ether oxygens (including phenoxy) is 1. The summed E-state index contributed by atoms with van der Waals surface area (Å²) in [5.41, 5.74) is 3.19. The van der Waals surface area contributed by atoms with E-state index < -0.39 is 17.7 Å². The molecule has 2 aromatic carbocycles. The Balaban J connectivity index is 2.37. The third-order valence-electron chi connectivity index (χ3n) is 3.21. The molecule has 0 aromatic heterocycles. The Morgan fingerprint density at radius 3 is 2.43 bits per heavy atom. The third-order valence-corrected chi connectivity index (χ3v) is 3.67. The minimum absolute atomic E-state index is 0.0911. The van der Waals surface area contributed by atoms with Gasteiger partial charge in [-0.15, -0.1) is 0 Å². The molecule has 0 aliphatic heterocycles. The Labute approximate surface area is 130 Å². The molecule has 0 saturated heterocycles. The molecule has 112 valence electrons. The molecule has 0 spiro atoms. The van der Waals surface area contributed by atoms with Crippen molar-refractivity contribution < 1.29 is 13.5 Å². The monoisotopic (exact) mass is 356 g/mol. The van der Waals surface area contributed by atoms with Crippen molar-refractivity contribution in [3.8, 4) is 5.75 Å². The maximum absolute atomic E-state index is 14.0. The average molecular weight is 357 g/mol. The highest BCUT2D eigenvalue weighted by molar-refractivity contribution is 9.10. The van der Waals surface area contributed by atoms with Crippen LogP contribution in [0.1, 0.15) is 17.2 Å². The van der Waals surface area contributed by atoms with E-state index in [1.807, 2.05) is 18.2 Å². The number of hydrogen-bond donors (Lipinski definition) is 2. The van der Waals surface area contributed by atoms with E-state index in [-0.39, 0.29) is 5.56 Å². The molecule has 1 unspecified atom stereocenters. The molecule has 0 amide bonds. The van der Waals surface area contributed by atoms with Gasteiger partial charge >= 0.3 is 0 Å². The van der Waals surface area contributed by atoms with Gasteiger partial charge in [0.1, 0.15) is 17.4 Å². The van der Waals surface area contributed by atoms with Crippen LogP contribution in [0.2, 0.25) is 0 Å². The molecule has 3 N–H and O–H groups in total. The number of hydrogen-bond acceptors (Lipinski definition) is 3. The van der Waals surface area contributed by atoms with Crippen LogP contribution < -0.4 is 16.0 Å². The van der Waals surface area contributed by atoms with Crippen LogP contribution in [0.25, 0.3) is 0 Å². The van der Waals surface area contributed by atoms with Gasteiger partial charge in [-0.2, -0.15) is 0 Å². The zero-order chi connectivity index (χ0) is 15.4. The van der Waals surface area contributed by atoms with Gasteiger partial charge in [-0.3, -0.25) is 11.3 Å². The predicted molar refractivity (Wildman–Crippen MR) is 80.8 cm³/mol. The first-order chi connectivity index (χ1) is 10.1. The second kappa shape index (κ2) is 6.98. The summed E-state index contributed by atoms with van der Waals surface area (Å²) in [5.74, 6) is 4.83. The fourth-order valence-electron chi connectivity index (χ4n) is 2.22. The van der Waals surface area contributed by atoms with Crippen molar-refractivity contribution in [2.45, 2.75) is 12.5 Å². The first kappa shape index (κ1) is 15.9. The van der Waals surface area contributed by atoms with E-state index in [2.05, 4.69) is 21.4 Å². The average Bonchev–Trinajstić information content (AvgIpc) is 2.45. The Kier molecular flexibility index (Phi) is 5.27. The highest BCUT2D eigenvalue weighted by atomic mass is 79.9. The van der Waals surface area contributed by atoms with E-state index in [4.69, 9.17) is 10.6 Å². The summed E-state index contributed by atoms with van der Waals surface area (Å²) in [6.45, 7) is 0. The lowest BCUT2D eigenvalue weighted by Gasteiger charge is -2.19. The highest BCUT2D eigenvalue weighted by Gasteiger charge is 2.21. The van der Waals surface area contributed by atoms with Crippen molar-refractivity contribution in [1.29, 1.82) is 0 Å². The molecule has 3 nitrogen and oxygen atoms in total. The van der Waals surface area contributed by atoms with Gasteiger partial charge in [0.2, 0.25) is 0 Å². The lowest BCUT2D eigenvalue weighted by molar-refractivity contribution is 0.403. The molecule has 1 atom stereocenters. The molecular formula is C15H15BrF2N2O. The highest BCUT2D eigenvalue weighted by Crippen LogP contribution is 2.29. The normalized spacial score (nSPS) is 12.2. The number of halogens is 3. The smallest absolute Gasteiger partial charge is 0.132 e. The van der Waals surface area contributed by atoms with Gasteiger partial charge in [0, 0.05) is 10.0 Å². The molecule has 0 aliphatic rings. The van der Waals surface area contributed by atoms with Crippen molar-refractivity contribution in [2.24, 2.45) is 5.84 Å². The molecular weight excluding hydrogens is 342 g/mol. The van der Waals surface area contributed by atoms with Crippen molar-refractivity contribution in [2.75, 3.05) is 7.11 Å². The quantitative estimate of drug-likeness (QED) is 0.636. The fraction of sp³-hybridized carbons (Fsp3) is 0.200. The van der Waals surface area contributed by atoms with Crippen molar-refractivity contribution >= 4 is 15.9 Å². The largest absolute Gasteiger partial charge is 0.496 e. The number of benzene rings is 2. The summed E-state index contributed by atoms with van der Waals surface area (Å²) >= 11 is 3.06. The van der Waals surface area contributed by atoms with E-state index >= 15 is 0 Å². The van der Waals surface area contributed by atoms with E-state index in [0.29, 0.717) is 16.6 Å². The summed E-state index contributed by atoms with van der Waals surface area (Å²) in [6, 6.07) is 9.01. The van der Waals surface area contributed by atoms with E-state index in [0.717, 1.165) is 5.56 Å². The lowest BCUT2D eigenvalue weighted by atomic mass is 9.98. The van der Waals surface area contributed by atoms with Crippen LogP contribution in [0.4, 0.5) is 8.78 Å². The Bertz CT molecular complexity index is 614. The molecule has 2 aromatic rings. The van der Waals surface area contributed by atoms with Crippen molar-refractivity contribution in [3.63, 3.8) is 0 Å². The predicted octanol–water partition coefficient (Wildman–Crippen LogP) is 3.48. The standard InChI is InChI=1S/C15H15BrF2N2O/c1-21-14-5-3-2-4-9(14)6-13(20-19)15-11(17)7-10(16)8-12(15)18/h2-5,7-8,13,20H,6,19H2,1H3. The summed E-state index contributed by atoms with van der Waals surface area (Å²) in [6.07, 6.45) is 0.302. The molecule has 0 saturated carbocycles. The van der Waals surface area contributed by atoms with Gasteiger partial charge < -0.3 is 4.74 Å². The summed E-state index contributed by atoms with van der Waals surface area (Å²) < 4.78 is 33.7. The topological polar surface area (TPSA) is 47.3 Å². The summed E-state index contributed by atoms with van der Waals surface area (Å²) in [4.78, 5) is 0. The molecule has 21 heavy (non-hydrogen) atoms.